The van der Waals surface area contributed by atoms with Gasteiger partial charge < -0.3 is 4.74 Å². The van der Waals surface area contributed by atoms with Gasteiger partial charge in [-0.2, -0.15) is 0 Å². The van der Waals surface area contributed by atoms with Crippen molar-refractivity contribution in [3.63, 3.8) is 0 Å². The average molecular weight is 426 g/mol. The molecular formula is C28H27NOS. The number of aromatic nitrogens is 1. The van der Waals surface area contributed by atoms with Gasteiger partial charge in [-0.1, -0.05) is 75.0 Å². The lowest BCUT2D eigenvalue weighted by Gasteiger charge is -2.23. The van der Waals surface area contributed by atoms with Gasteiger partial charge in [-0.25, -0.2) is 0 Å². The zero-order valence-corrected chi connectivity index (χ0v) is 19.2. The number of rotatable bonds is 3. The third kappa shape index (κ3) is 3.61. The maximum atomic E-state index is 6.36. The van der Waals surface area contributed by atoms with E-state index in [9.17, 15) is 0 Å². The molecule has 1 aliphatic carbocycles. The minimum absolute atomic E-state index is 0.0262. The summed E-state index contributed by atoms with van der Waals surface area (Å²) in [7, 11) is 0. The van der Waals surface area contributed by atoms with Crippen molar-refractivity contribution >= 4 is 22.5 Å². The van der Waals surface area contributed by atoms with Gasteiger partial charge in [0, 0.05) is 28.1 Å². The Bertz CT molecular complexity index is 1250. The third-order valence-corrected chi connectivity index (χ3v) is 6.93. The SMILES string of the molecule is C/C=C/SC1=CC2Oc3ccnc(-c4cc(C(C)(C)C)c5ccccc5c4)c3C2C=C1. The molecule has 0 N–H and O–H groups in total. The van der Waals surface area contributed by atoms with Crippen LogP contribution < -0.4 is 4.74 Å². The molecule has 0 saturated carbocycles. The first-order chi connectivity index (χ1) is 15.0. The highest BCUT2D eigenvalue weighted by molar-refractivity contribution is 8.06. The van der Waals surface area contributed by atoms with E-state index in [1.54, 1.807) is 11.8 Å². The highest BCUT2D eigenvalue weighted by Gasteiger charge is 2.36. The predicted molar refractivity (Wildman–Crippen MR) is 133 cm³/mol. The lowest BCUT2D eigenvalue weighted by molar-refractivity contribution is 0.268. The summed E-state index contributed by atoms with van der Waals surface area (Å²) in [6.07, 6.45) is 10.7. The molecule has 2 aliphatic rings. The van der Waals surface area contributed by atoms with Crippen LogP contribution in [0.1, 0.15) is 44.7 Å². The summed E-state index contributed by atoms with van der Waals surface area (Å²) in [6.45, 7) is 8.87. The van der Waals surface area contributed by atoms with Gasteiger partial charge in [0.1, 0.15) is 11.9 Å². The average Bonchev–Trinajstić information content (AvgIpc) is 3.14. The van der Waals surface area contributed by atoms with Crippen LogP contribution in [0.25, 0.3) is 22.0 Å². The Kier molecular flexibility index (Phi) is 5.02. The fourth-order valence-corrected chi connectivity index (χ4v) is 5.21. The fraction of sp³-hybridized carbons (Fsp3) is 0.250. The Morgan fingerprint density at radius 1 is 1.10 bits per heavy atom. The quantitative estimate of drug-likeness (QED) is 0.428. The van der Waals surface area contributed by atoms with Gasteiger partial charge in [0.05, 0.1) is 5.69 Å². The van der Waals surface area contributed by atoms with Crippen LogP contribution in [0.3, 0.4) is 0 Å². The van der Waals surface area contributed by atoms with Gasteiger partial charge >= 0.3 is 0 Å². The number of ether oxygens (including phenoxy) is 1. The molecule has 3 aromatic rings. The van der Waals surface area contributed by atoms with Crippen molar-refractivity contribution in [1.29, 1.82) is 0 Å². The second kappa shape index (κ2) is 7.72. The van der Waals surface area contributed by atoms with Crippen molar-refractivity contribution in [3.8, 4) is 17.0 Å². The van der Waals surface area contributed by atoms with E-state index in [4.69, 9.17) is 9.72 Å². The molecular weight excluding hydrogens is 398 g/mol. The summed E-state index contributed by atoms with van der Waals surface area (Å²) in [6, 6.07) is 15.3. The number of thioether (sulfide) groups is 1. The van der Waals surface area contributed by atoms with Crippen molar-refractivity contribution < 1.29 is 4.74 Å². The zero-order chi connectivity index (χ0) is 21.6. The monoisotopic (exact) mass is 425 g/mol. The standard InChI is InChI=1S/C28H27NOS/c1-5-14-31-20-10-11-22-25(17-20)30-24-12-13-29-27(26(22)24)19-15-18-8-6-7-9-21(18)23(16-19)28(2,3)4/h5-17,22,25H,1-4H3/b14-5+. The molecule has 2 nitrogen and oxygen atoms in total. The summed E-state index contributed by atoms with van der Waals surface area (Å²) < 4.78 is 6.36. The Labute approximate surface area is 188 Å². The number of benzene rings is 2. The number of fused-ring (bicyclic) bond motifs is 4. The molecule has 2 heterocycles. The molecule has 2 atom stereocenters. The third-order valence-electron chi connectivity index (χ3n) is 5.98. The number of hydrogen-bond acceptors (Lipinski definition) is 3. The maximum absolute atomic E-state index is 6.36. The lowest BCUT2D eigenvalue weighted by atomic mass is 9.81. The lowest BCUT2D eigenvalue weighted by Crippen LogP contribution is -2.17. The highest BCUT2D eigenvalue weighted by atomic mass is 32.2. The largest absolute Gasteiger partial charge is 0.485 e. The van der Waals surface area contributed by atoms with Gasteiger partial charge in [0.15, 0.2) is 0 Å². The summed E-state index contributed by atoms with van der Waals surface area (Å²) in [5.74, 6) is 1.14. The number of allylic oxidation sites excluding steroid dienone is 2. The summed E-state index contributed by atoms with van der Waals surface area (Å²) in [4.78, 5) is 6.08. The number of nitrogens with zero attached hydrogens (tertiary/aromatic N) is 1. The van der Waals surface area contributed by atoms with E-state index in [2.05, 4.69) is 86.9 Å². The van der Waals surface area contributed by atoms with Crippen LogP contribution in [0.2, 0.25) is 0 Å². The topological polar surface area (TPSA) is 22.1 Å². The number of hydrogen-bond donors (Lipinski definition) is 0. The molecule has 0 fully saturated rings. The van der Waals surface area contributed by atoms with E-state index in [1.165, 1.54) is 26.8 Å². The van der Waals surface area contributed by atoms with Crippen molar-refractivity contribution in [1.82, 2.24) is 4.98 Å². The molecule has 0 saturated heterocycles. The first kappa shape index (κ1) is 20.1. The van der Waals surface area contributed by atoms with Crippen molar-refractivity contribution in [3.05, 3.63) is 94.4 Å². The molecule has 0 radical (unpaired) electrons. The molecule has 0 amide bonds. The molecule has 1 aromatic heterocycles. The molecule has 0 bridgehead atoms. The van der Waals surface area contributed by atoms with Gasteiger partial charge in [0.2, 0.25) is 0 Å². The van der Waals surface area contributed by atoms with E-state index in [-0.39, 0.29) is 17.4 Å². The minimum Gasteiger partial charge on any atom is -0.485 e. The number of pyridine rings is 1. The van der Waals surface area contributed by atoms with Crippen LogP contribution >= 0.6 is 11.8 Å². The molecule has 31 heavy (non-hydrogen) atoms. The van der Waals surface area contributed by atoms with Crippen molar-refractivity contribution in [2.45, 2.75) is 45.1 Å². The fourth-order valence-electron chi connectivity index (χ4n) is 4.55. The first-order valence-electron chi connectivity index (χ1n) is 10.8. The van der Waals surface area contributed by atoms with Crippen LogP contribution in [0.4, 0.5) is 0 Å². The first-order valence-corrected chi connectivity index (χ1v) is 11.7. The second-order valence-corrected chi connectivity index (χ2v) is 10.2. The van der Waals surface area contributed by atoms with E-state index in [1.807, 2.05) is 19.2 Å². The van der Waals surface area contributed by atoms with Gasteiger partial charge in [-0.05, 0) is 58.4 Å². The van der Waals surface area contributed by atoms with Gasteiger partial charge in [-0.15, -0.1) is 0 Å². The highest BCUT2D eigenvalue weighted by Crippen LogP contribution is 2.47. The molecule has 156 valence electrons. The van der Waals surface area contributed by atoms with E-state index < -0.39 is 0 Å². The van der Waals surface area contributed by atoms with E-state index in [0.717, 1.165) is 17.0 Å². The summed E-state index contributed by atoms with van der Waals surface area (Å²) in [5.41, 5.74) is 4.78. The zero-order valence-electron chi connectivity index (χ0n) is 18.4. The van der Waals surface area contributed by atoms with E-state index in [0.29, 0.717) is 0 Å². The summed E-state index contributed by atoms with van der Waals surface area (Å²) in [5, 5.41) is 4.67. The summed E-state index contributed by atoms with van der Waals surface area (Å²) >= 11 is 1.73. The Balaban J connectivity index is 1.63. The Morgan fingerprint density at radius 3 is 2.74 bits per heavy atom. The van der Waals surface area contributed by atoms with Crippen molar-refractivity contribution in [2.75, 3.05) is 0 Å². The minimum atomic E-state index is 0.0262. The maximum Gasteiger partial charge on any atom is 0.129 e. The molecule has 1 aliphatic heterocycles. The molecule has 0 spiro atoms. The van der Waals surface area contributed by atoms with Gasteiger partial charge in [0.25, 0.3) is 0 Å². The molecule has 2 aromatic carbocycles. The Morgan fingerprint density at radius 2 is 1.94 bits per heavy atom. The smallest absolute Gasteiger partial charge is 0.129 e. The second-order valence-electron chi connectivity index (χ2n) is 9.19. The normalized spacial score (nSPS) is 19.9. The van der Waals surface area contributed by atoms with E-state index >= 15 is 0 Å². The van der Waals surface area contributed by atoms with Crippen molar-refractivity contribution in [2.24, 2.45) is 0 Å². The van der Waals surface area contributed by atoms with Crippen LogP contribution in [-0.2, 0) is 5.41 Å². The molecule has 5 rings (SSSR count). The van der Waals surface area contributed by atoms with Crippen LogP contribution in [0, 0.1) is 0 Å². The van der Waals surface area contributed by atoms with Crippen LogP contribution in [0.15, 0.2) is 83.3 Å². The van der Waals surface area contributed by atoms with Crippen LogP contribution in [0.5, 0.6) is 5.75 Å². The molecule has 3 heteroatoms. The van der Waals surface area contributed by atoms with Crippen LogP contribution in [-0.4, -0.2) is 11.1 Å². The van der Waals surface area contributed by atoms with Gasteiger partial charge in [-0.3, -0.25) is 4.98 Å². The predicted octanol–water partition coefficient (Wildman–Crippen LogP) is 7.76. The molecule has 2 unspecified atom stereocenters. The Hall–Kier alpha value is -2.78.